The Balaban J connectivity index is 1.90. The van der Waals surface area contributed by atoms with Crippen molar-refractivity contribution in [1.82, 2.24) is 0 Å². The lowest BCUT2D eigenvalue weighted by molar-refractivity contribution is 0.282. The highest BCUT2D eigenvalue weighted by Gasteiger charge is 2.13. The Hall–Kier alpha value is -3.50. The molecule has 32 heavy (non-hydrogen) atoms. The van der Waals surface area contributed by atoms with Crippen molar-refractivity contribution < 1.29 is 23.3 Å². The average Bonchev–Trinajstić information content (AvgIpc) is 2.82. The molecular formula is C25H21BrFNO4. The highest BCUT2D eigenvalue weighted by atomic mass is 79.9. The predicted molar refractivity (Wildman–Crippen MR) is 124 cm³/mol. The number of methoxy groups -OCH3 is 3. The van der Waals surface area contributed by atoms with Gasteiger partial charge in [0.05, 0.1) is 37.4 Å². The van der Waals surface area contributed by atoms with Gasteiger partial charge in [0.25, 0.3) is 0 Å². The van der Waals surface area contributed by atoms with Gasteiger partial charge in [-0.1, -0.05) is 12.1 Å². The fourth-order valence-electron chi connectivity index (χ4n) is 3.05. The van der Waals surface area contributed by atoms with Crippen molar-refractivity contribution >= 4 is 27.6 Å². The summed E-state index contributed by atoms with van der Waals surface area (Å²) in [5.41, 5.74) is 2.70. The second-order valence-electron chi connectivity index (χ2n) is 6.69. The monoisotopic (exact) mass is 497 g/mol. The molecule has 0 heterocycles. The van der Waals surface area contributed by atoms with Crippen molar-refractivity contribution in [3.8, 4) is 29.1 Å². The maximum absolute atomic E-state index is 13.1. The summed E-state index contributed by atoms with van der Waals surface area (Å²) in [6, 6.07) is 17.2. The summed E-state index contributed by atoms with van der Waals surface area (Å²) >= 11 is 3.52. The number of ether oxygens (including phenoxy) is 4. The van der Waals surface area contributed by atoms with Crippen LogP contribution in [0.25, 0.3) is 11.6 Å². The van der Waals surface area contributed by atoms with Gasteiger partial charge in [0.2, 0.25) is 0 Å². The Kier molecular flexibility index (Phi) is 7.74. The van der Waals surface area contributed by atoms with E-state index in [4.69, 9.17) is 18.9 Å². The normalized spacial score (nSPS) is 10.9. The molecule has 0 bridgehead atoms. The average molecular weight is 498 g/mol. The summed E-state index contributed by atoms with van der Waals surface area (Å²) in [6.07, 6.45) is 1.75. The number of nitriles is 1. The largest absolute Gasteiger partial charge is 0.493 e. The van der Waals surface area contributed by atoms with Crippen LogP contribution >= 0.6 is 15.9 Å². The van der Waals surface area contributed by atoms with Crippen LogP contribution in [0.2, 0.25) is 0 Å². The third kappa shape index (κ3) is 5.40. The van der Waals surface area contributed by atoms with E-state index in [2.05, 4.69) is 22.0 Å². The molecule has 0 radical (unpaired) electrons. The first-order valence-corrected chi connectivity index (χ1v) is 10.4. The smallest absolute Gasteiger partial charge is 0.175 e. The van der Waals surface area contributed by atoms with Crippen molar-refractivity contribution in [3.63, 3.8) is 0 Å². The standard InChI is InChI=1S/C25H21BrFNO4/c1-29-22-9-6-18(13-23(22)30-2)19(14-28)10-17-11-21(26)25(24(12-17)31-3)32-15-16-4-7-20(27)8-5-16/h4-13H,15H2,1-3H3/b19-10+. The molecule has 0 fully saturated rings. The topological polar surface area (TPSA) is 60.7 Å². The van der Waals surface area contributed by atoms with Crippen LogP contribution in [-0.4, -0.2) is 21.3 Å². The first-order chi connectivity index (χ1) is 15.5. The van der Waals surface area contributed by atoms with E-state index in [-0.39, 0.29) is 12.4 Å². The molecule has 3 aromatic rings. The van der Waals surface area contributed by atoms with Crippen LogP contribution in [0.15, 0.2) is 59.1 Å². The highest BCUT2D eigenvalue weighted by molar-refractivity contribution is 9.10. The zero-order valence-corrected chi connectivity index (χ0v) is 19.4. The van der Waals surface area contributed by atoms with Crippen LogP contribution in [0.1, 0.15) is 16.7 Å². The molecule has 0 aliphatic carbocycles. The third-order valence-corrected chi connectivity index (χ3v) is 5.26. The van der Waals surface area contributed by atoms with Gasteiger partial charge in [-0.25, -0.2) is 4.39 Å². The number of allylic oxidation sites excluding steroid dienone is 1. The number of hydrogen-bond acceptors (Lipinski definition) is 5. The predicted octanol–water partition coefficient (Wildman–Crippen LogP) is 6.26. The lowest BCUT2D eigenvalue weighted by Crippen LogP contribution is -1.99. The minimum atomic E-state index is -0.300. The van der Waals surface area contributed by atoms with E-state index in [0.29, 0.717) is 38.6 Å². The molecule has 0 aromatic heterocycles. The molecule has 0 aliphatic rings. The van der Waals surface area contributed by atoms with Gasteiger partial charge in [-0.3, -0.25) is 0 Å². The van der Waals surface area contributed by atoms with Crippen molar-refractivity contribution in [2.45, 2.75) is 6.61 Å². The zero-order valence-electron chi connectivity index (χ0n) is 17.8. The van der Waals surface area contributed by atoms with Crippen LogP contribution in [0, 0.1) is 17.1 Å². The fraction of sp³-hybridized carbons (Fsp3) is 0.160. The SMILES string of the molecule is COc1ccc(/C(C#N)=C/c2cc(Br)c(OCc3ccc(F)cc3)c(OC)c2)cc1OC. The highest BCUT2D eigenvalue weighted by Crippen LogP contribution is 2.38. The van der Waals surface area contributed by atoms with Crippen LogP contribution in [0.5, 0.6) is 23.0 Å². The molecule has 0 saturated heterocycles. The molecule has 0 spiro atoms. The van der Waals surface area contributed by atoms with Gasteiger partial charge in [0.15, 0.2) is 23.0 Å². The van der Waals surface area contributed by atoms with Crippen molar-refractivity contribution in [3.05, 3.63) is 81.6 Å². The van der Waals surface area contributed by atoms with Gasteiger partial charge in [0, 0.05) is 0 Å². The van der Waals surface area contributed by atoms with Crippen LogP contribution in [0.3, 0.4) is 0 Å². The Morgan fingerprint density at radius 1 is 0.938 bits per heavy atom. The lowest BCUT2D eigenvalue weighted by Gasteiger charge is -2.14. The molecule has 0 unspecified atom stereocenters. The first-order valence-electron chi connectivity index (χ1n) is 9.58. The van der Waals surface area contributed by atoms with Crippen LogP contribution in [-0.2, 0) is 6.61 Å². The third-order valence-electron chi connectivity index (χ3n) is 4.67. The van der Waals surface area contributed by atoms with E-state index >= 15 is 0 Å². The Bertz CT molecular complexity index is 1170. The summed E-state index contributed by atoms with van der Waals surface area (Å²) in [5.74, 6) is 1.83. The molecule has 0 saturated carbocycles. The Labute approximate surface area is 194 Å². The van der Waals surface area contributed by atoms with E-state index in [1.807, 2.05) is 6.07 Å². The summed E-state index contributed by atoms with van der Waals surface area (Å²) in [5, 5.41) is 9.73. The van der Waals surface area contributed by atoms with E-state index < -0.39 is 0 Å². The second-order valence-corrected chi connectivity index (χ2v) is 7.54. The van der Waals surface area contributed by atoms with Crippen molar-refractivity contribution in [2.24, 2.45) is 0 Å². The van der Waals surface area contributed by atoms with Crippen LogP contribution in [0.4, 0.5) is 4.39 Å². The molecular weight excluding hydrogens is 477 g/mol. The number of halogens is 2. The van der Waals surface area contributed by atoms with Gasteiger partial charge in [0.1, 0.15) is 12.4 Å². The Morgan fingerprint density at radius 2 is 1.62 bits per heavy atom. The van der Waals surface area contributed by atoms with E-state index in [0.717, 1.165) is 11.1 Å². The minimum absolute atomic E-state index is 0.250. The summed E-state index contributed by atoms with van der Waals surface area (Å²) in [6.45, 7) is 0.250. The van der Waals surface area contributed by atoms with Gasteiger partial charge in [-0.15, -0.1) is 0 Å². The summed E-state index contributed by atoms with van der Waals surface area (Å²) in [7, 11) is 4.64. The quantitative estimate of drug-likeness (QED) is 0.271. The zero-order chi connectivity index (χ0) is 23.1. The van der Waals surface area contributed by atoms with E-state index in [1.165, 1.54) is 12.1 Å². The van der Waals surface area contributed by atoms with E-state index in [9.17, 15) is 9.65 Å². The van der Waals surface area contributed by atoms with Crippen molar-refractivity contribution in [2.75, 3.05) is 21.3 Å². The second kappa shape index (κ2) is 10.7. The van der Waals surface area contributed by atoms with E-state index in [1.54, 1.807) is 63.8 Å². The first kappa shape index (κ1) is 23.2. The molecule has 3 aromatic carbocycles. The summed E-state index contributed by atoms with van der Waals surface area (Å²) in [4.78, 5) is 0. The van der Waals surface area contributed by atoms with Gasteiger partial charge in [-0.05, 0) is 81.2 Å². The van der Waals surface area contributed by atoms with Gasteiger partial charge < -0.3 is 18.9 Å². The molecule has 7 heteroatoms. The number of rotatable bonds is 8. The number of nitrogens with zero attached hydrogens (tertiary/aromatic N) is 1. The maximum atomic E-state index is 13.1. The molecule has 0 N–H and O–H groups in total. The summed E-state index contributed by atoms with van der Waals surface area (Å²) < 4.78 is 35.8. The molecule has 164 valence electrons. The minimum Gasteiger partial charge on any atom is -0.493 e. The van der Waals surface area contributed by atoms with Gasteiger partial charge >= 0.3 is 0 Å². The molecule has 0 amide bonds. The molecule has 3 rings (SSSR count). The molecule has 0 atom stereocenters. The molecule has 0 aliphatic heterocycles. The number of hydrogen-bond donors (Lipinski definition) is 0. The lowest BCUT2D eigenvalue weighted by atomic mass is 10.0. The maximum Gasteiger partial charge on any atom is 0.175 e. The Morgan fingerprint density at radius 3 is 2.25 bits per heavy atom. The fourth-order valence-corrected chi connectivity index (χ4v) is 3.62. The van der Waals surface area contributed by atoms with Gasteiger partial charge in [-0.2, -0.15) is 5.26 Å². The number of benzene rings is 3. The van der Waals surface area contributed by atoms with Crippen molar-refractivity contribution in [1.29, 1.82) is 5.26 Å². The molecule has 5 nitrogen and oxygen atoms in total. The van der Waals surface area contributed by atoms with Crippen LogP contribution < -0.4 is 18.9 Å².